The molecule has 0 aromatic carbocycles. The molecular formula is C12H13N3O2S. The van der Waals surface area contributed by atoms with E-state index in [1.165, 1.54) is 17.4 Å². The summed E-state index contributed by atoms with van der Waals surface area (Å²) in [6, 6.07) is 7.30. The second-order valence-electron chi connectivity index (χ2n) is 3.91. The summed E-state index contributed by atoms with van der Waals surface area (Å²) in [5.74, 6) is 0. The minimum absolute atomic E-state index is 0.184. The van der Waals surface area contributed by atoms with Gasteiger partial charge in [-0.05, 0) is 24.6 Å². The average molecular weight is 263 g/mol. The van der Waals surface area contributed by atoms with Crippen molar-refractivity contribution in [2.75, 3.05) is 0 Å². The Morgan fingerprint density at radius 2 is 2.17 bits per heavy atom. The molecule has 0 atom stereocenters. The third kappa shape index (κ3) is 3.35. The van der Waals surface area contributed by atoms with Crippen LogP contribution < -0.4 is 5.32 Å². The van der Waals surface area contributed by atoms with E-state index < -0.39 is 0 Å². The Labute approximate surface area is 109 Å². The van der Waals surface area contributed by atoms with Gasteiger partial charge in [0.1, 0.15) is 0 Å². The van der Waals surface area contributed by atoms with Gasteiger partial charge in [0.15, 0.2) is 0 Å². The molecule has 0 unspecified atom stereocenters. The van der Waals surface area contributed by atoms with Crippen molar-refractivity contribution < 1.29 is 4.92 Å². The van der Waals surface area contributed by atoms with Crippen LogP contribution >= 0.6 is 11.3 Å². The molecule has 0 saturated heterocycles. The lowest BCUT2D eigenvalue weighted by atomic mass is 10.2. The van der Waals surface area contributed by atoms with Crippen molar-refractivity contribution in [2.45, 2.75) is 20.0 Å². The molecule has 2 aromatic rings. The quantitative estimate of drug-likeness (QED) is 0.665. The summed E-state index contributed by atoms with van der Waals surface area (Å²) in [5, 5.41) is 14.0. The second-order valence-corrected chi connectivity index (χ2v) is 5.06. The lowest BCUT2D eigenvalue weighted by Gasteiger charge is -2.02. The molecule has 0 aliphatic heterocycles. The maximum atomic E-state index is 10.5. The van der Waals surface area contributed by atoms with Gasteiger partial charge in [-0.3, -0.25) is 15.1 Å². The molecule has 6 heteroatoms. The molecule has 0 radical (unpaired) electrons. The van der Waals surface area contributed by atoms with Gasteiger partial charge in [0, 0.05) is 35.9 Å². The van der Waals surface area contributed by atoms with Gasteiger partial charge in [-0.25, -0.2) is 0 Å². The first-order chi connectivity index (χ1) is 8.65. The molecule has 0 aliphatic rings. The summed E-state index contributed by atoms with van der Waals surface area (Å²) >= 11 is 1.20. The number of hydrogen-bond acceptors (Lipinski definition) is 5. The number of nitrogens with zero attached hydrogens (tertiary/aromatic N) is 2. The highest BCUT2D eigenvalue weighted by Gasteiger charge is 2.08. The smallest absolute Gasteiger partial charge is 0.308 e. The molecule has 18 heavy (non-hydrogen) atoms. The maximum absolute atomic E-state index is 10.5. The molecule has 1 N–H and O–H groups in total. The Hall–Kier alpha value is -1.79. The Balaban J connectivity index is 1.84. The van der Waals surface area contributed by atoms with E-state index in [2.05, 4.69) is 10.3 Å². The molecule has 0 bridgehead atoms. The minimum Gasteiger partial charge on any atom is -0.308 e. The molecule has 0 spiro atoms. The molecule has 5 nitrogen and oxygen atoms in total. The van der Waals surface area contributed by atoms with Gasteiger partial charge < -0.3 is 5.32 Å². The Bertz CT molecular complexity index is 537. The van der Waals surface area contributed by atoms with Crippen molar-refractivity contribution in [1.29, 1.82) is 0 Å². The number of aryl methyl sites for hydroxylation is 1. The highest BCUT2D eigenvalue weighted by Crippen LogP contribution is 2.23. The van der Waals surface area contributed by atoms with Crippen molar-refractivity contribution in [2.24, 2.45) is 0 Å². The Morgan fingerprint density at radius 3 is 2.78 bits per heavy atom. The molecule has 0 amide bonds. The van der Waals surface area contributed by atoms with Crippen molar-refractivity contribution in [3.63, 3.8) is 0 Å². The molecule has 2 aromatic heterocycles. The van der Waals surface area contributed by atoms with Crippen LogP contribution in [0.1, 0.15) is 16.1 Å². The van der Waals surface area contributed by atoms with Gasteiger partial charge in [0.25, 0.3) is 0 Å². The van der Waals surface area contributed by atoms with Gasteiger partial charge in [-0.2, -0.15) is 0 Å². The Kier molecular flexibility index (Phi) is 4.01. The highest BCUT2D eigenvalue weighted by molar-refractivity contribution is 7.15. The summed E-state index contributed by atoms with van der Waals surface area (Å²) in [5.41, 5.74) is 2.10. The average Bonchev–Trinajstić information content (AvgIpc) is 2.81. The lowest BCUT2D eigenvalue weighted by Crippen LogP contribution is -2.11. The number of nitrogens with one attached hydrogen (secondary N) is 1. The van der Waals surface area contributed by atoms with Crippen LogP contribution in [0.2, 0.25) is 0 Å². The summed E-state index contributed by atoms with van der Waals surface area (Å²) < 4.78 is 0. The summed E-state index contributed by atoms with van der Waals surface area (Å²) in [4.78, 5) is 15.3. The van der Waals surface area contributed by atoms with E-state index >= 15 is 0 Å². The molecule has 94 valence electrons. The summed E-state index contributed by atoms with van der Waals surface area (Å²) in [6.07, 6.45) is 1.83. The zero-order valence-corrected chi connectivity index (χ0v) is 10.7. The summed E-state index contributed by atoms with van der Waals surface area (Å²) in [6.45, 7) is 3.29. The third-order valence-electron chi connectivity index (χ3n) is 2.43. The molecule has 0 fully saturated rings. The fourth-order valence-corrected chi connectivity index (χ4v) is 2.28. The number of hydrogen-bond donors (Lipinski definition) is 1. The molecule has 2 rings (SSSR count). The number of rotatable bonds is 5. The third-order valence-corrected chi connectivity index (χ3v) is 3.47. The van der Waals surface area contributed by atoms with Crippen LogP contribution in [0.5, 0.6) is 0 Å². The highest BCUT2D eigenvalue weighted by atomic mass is 32.1. The molecular weight excluding hydrogens is 250 g/mol. The number of aromatic nitrogens is 1. The van der Waals surface area contributed by atoms with E-state index in [1.807, 2.05) is 25.3 Å². The summed E-state index contributed by atoms with van der Waals surface area (Å²) in [7, 11) is 0. The largest absolute Gasteiger partial charge is 0.324 e. The fourth-order valence-electron chi connectivity index (χ4n) is 1.49. The fraction of sp³-hybridized carbons (Fsp3) is 0.250. The van der Waals surface area contributed by atoms with E-state index in [9.17, 15) is 10.1 Å². The van der Waals surface area contributed by atoms with E-state index in [0.717, 1.165) is 16.1 Å². The Morgan fingerprint density at radius 1 is 1.33 bits per heavy atom. The number of thiophene rings is 1. The minimum atomic E-state index is -0.363. The normalized spacial score (nSPS) is 10.5. The molecule has 0 saturated carbocycles. The SMILES string of the molecule is Cc1ccc(CNCc2ccc([N+](=O)[O-])s2)cn1. The van der Waals surface area contributed by atoms with Crippen LogP contribution in [0.3, 0.4) is 0 Å². The monoisotopic (exact) mass is 263 g/mol. The van der Waals surface area contributed by atoms with E-state index in [-0.39, 0.29) is 9.92 Å². The predicted molar refractivity (Wildman–Crippen MR) is 70.5 cm³/mol. The van der Waals surface area contributed by atoms with E-state index in [4.69, 9.17) is 0 Å². The van der Waals surface area contributed by atoms with Gasteiger partial charge >= 0.3 is 5.00 Å². The molecule has 0 aliphatic carbocycles. The van der Waals surface area contributed by atoms with Crippen LogP contribution in [0.15, 0.2) is 30.5 Å². The van der Waals surface area contributed by atoms with E-state index in [1.54, 1.807) is 6.07 Å². The topological polar surface area (TPSA) is 68.1 Å². The lowest BCUT2D eigenvalue weighted by molar-refractivity contribution is -0.380. The van der Waals surface area contributed by atoms with Gasteiger partial charge in [-0.15, -0.1) is 0 Å². The zero-order valence-electron chi connectivity index (χ0n) is 9.92. The second kappa shape index (κ2) is 5.70. The van der Waals surface area contributed by atoms with Crippen LogP contribution in [0.25, 0.3) is 0 Å². The van der Waals surface area contributed by atoms with Gasteiger partial charge in [-0.1, -0.05) is 17.4 Å². The van der Waals surface area contributed by atoms with Crippen LogP contribution in [-0.2, 0) is 13.1 Å². The standard InChI is InChI=1S/C12H13N3O2S/c1-9-2-3-10(7-14-9)6-13-8-11-4-5-12(18-11)15(16)17/h2-5,7,13H,6,8H2,1H3. The number of nitro groups is 1. The van der Waals surface area contributed by atoms with Crippen LogP contribution in [0, 0.1) is 17.0 Å². The van der Waals surface area contributed by atoms with Crippen LogP contribution in [-0.4, -0.2) is 9.91 Å². The predicted octanol–water partition coefficient (Wildman–Crippen LogP) is 2.65. The first kappa shape index (κ1) is 12.7. The van der Waals surface area contributed by atoms with Crippen molar-refractivity contribution in [1.82, 2.24) is 10.3 Å². The van der Waals surface area contributed by atoms with Gasteiger partial charge in [0.05, 0.1) is 4.92 Å². The zero-order chi connectivity index (χ0) is 13.0. The number of pyridine rings is 1. The first-order valence-corrected chi connectivity index (χ1v) is 6.32. The molecule has 2 heterocycles. The van der Waals surface area contributed by atoms with Crippen molar-refractivity contribution in [3.8, 4) is 0 Å². The van der Waals surface area contributed by atoms with E-state index in [0.29, 0.717) is 13.1 Å². The van der Waals surface area contributed by atoms with Crippen LogP contribution in [0.4, 0.5) is 5.00 Å². The van der Waals surface area contributed by atoms with Crippen molar-refractivity contribution >= 4 is 16.3 Å². The van der Waals surface area contributed by atoms with Crippen molar-refractivity contribution in [3.05, 3.63) is 56.7 Å². The first-order valence-electron chi connectivity index (χ1n) is 5.50. The maximum Gasteiger partial charge on any atom is 0.324 e. The van der Waals surface area contributed by atoms with Gasteiger partial charge in [0.2, 0.25) is 0 Å².